The van der Waals surface area contributed by atoms with Crippen LogP contribution in [0.25, 0.3) is 0 Å². The third-order valence-corrected chi connectivity index (χ3v) is 2.69. The van der Waals surface area contributed by atoms with E-state index in [0.717, 1.165) is 5.92 Å². The summed E-state index contributed by atoms with van der Waals surface area (Å²) >= 11 is 0. The molecule has 0 radical (unpaired) electrons. The molecule has 1 nitrogen and oxygen atoms in total. The second-order valence-electron chi connectivity index (χ2n) is 4.71. The molecule has 0 bridgehead atoms. The minimum Gasteiger partial charge on any atom is -0.383 e. The minimum atomic E-state index is 0.505. The molecule has 1 heteroatoms. The van der Waals surface area contributed by atoms with Crippen LogP contribution in [0.1, 0.15) is 39.7 Å². The highest BCUT2D eigenvalue weighted by molar-refractivity contribution is 5.45. The normalized spacial score (nSPS) is 12.9. The summed E-state index contributed by atoms with van der Waals surface area (Å²) in [4.78, 5) is 0. The summed E-state index contributed by atoms with van der Waals surface area (Å²) in [6.45, 7) is 8.87. The number of benzene rings is 1. The van der Waals surface area contributed by atoms with Crippen molar-refractivity contribution in [2.24, 2.45) is 5.92 Å². The molecule has 1 unspecified atom stereocenters. The lowest BCUT2D eigenvalue weighted by Crippen LogP contribution is -2.09. The van der Waals surface area contributed by atoms with Crippen molar-refractivity contribution in [1.82, 2.24) is 0 Å². The Bertz CT molecular complexity index is 274. The van der Waals surface area contributed by atoms with Gasteiger partial charge in [-0.2, -0.15) is 0 Å². The molecule has 0 aliphatic carbocycles. The maximum absolute atomic E-state index is 3.40. The standard InChI is InChI=1S/C14H23N/c1-5-12(4)10-13-6-8-14(9-7-13)15-11(2)3/h6-9,11-12,15H,5,10H2,1-4H3. The molecule has 0 aliphatic rings. The Labute approximate surface area is 93.9 Å². The first-order valence-electron chi connectivity index (χ1n) is 5.97. The van der Waals surface area contributed by atoms with Crippen molar-refractivity contribution >= 4 is 5.69 Å². The molecule has 1 atom stereocenters. The van der Waals surface area contributed by atoms with Gasteiger partial charge in [-0.1, -0.05) is 32.4 Å². The predicted octanol–water partition coefficient (Wildman–Crippen LogP) is 4.10. The first kappa shape index (κ1) is 12.1. The van der Waals surface area contributed by atoms with Crippen molar-refractivity contribution in [3.8, 4) is 0 Å². The Morgan fingerprint density at radius 3 is 2.13 bits per heavy atom. The highest BCUT2D eigenvalue weighted by atomic mass is 14.9. The summed E-state index contributed by atoms with van der Waals surface area (Å²) in [5, 5.41) is 3.40. The molecule has 0 spiro atoms. The predicted molar refractivity (Wildman–Crippen MR) is 68.4 cm³/mol. The highest BCUT2D eigenvalue weighted by Crippen LogP contribution is 2.15. The molecule has 0 amide bonds. The Kier molecular flexibility index (Phi) is 4.67. The van der Waals surface area contributed by atoms with Gasteiger partial charge in [0.1, 0.15) is 0 Å². The van der Waals surface area contributed by atoms with Gasteiger partial charge >= 0.3 is 0 Å². The average Bonchev–Trinajstić information content (AvgIpc) is 2.20. The van der Waals surface area contributed by atoms with Crippen LogP contribution in [0, 0.1) is 5.92 Å². The second-order valence-corrected chi connectivity index (χ2v) is 4.71. The van der Waals surface area contributed by atoms with Gasteiger partial charge in [0.25, 0.3) is 0 Å². The number of hydrogen-bond donors (Lipinski definition) is 1. The van der Waals surface area contributed by atoms with Crippen molar-refractivity contribution in [2.45, 2.75) is 46.6 Å². The van der Waals surface area contributed by atoms with E-state index in [4.69, 9.17) is 0 Å². The van der Waals surface area contributed by atoms with E-state index >= 15 is 0 Å². The molecule has 0 fully saturated rings. The quantitative estimate of drug-likeness (QED) is 0.763. The van der Waals surface area contributed by atoms with Crippen molar-refractivity contribution in [3.05, 3.63) is 29.8 Å². The fraction of sp³-hybridized carbons (Fsp3) is 0.571. The minimum absolute atomic E-state index is 0.505. The first-order chi connectivity index (χ1) is 7.11. The van der Waals surface area contributed by atoms with Gasteiger partial charge in [0.2, 0.25) is 0 Å². The highest BCUT2D eigenvalue weighted by Gasteiger charge is 2.01. The molecule has 0 heterocycles. The molecule has 0 saturated carbocycles. The van der Waals surface area contributed by atoms with E-state index in [0.29, 0.717) is 6.04 Å². The zero-order valence-electron chi connectivity index (χ0n) is 10.4. The number of anilines is 1. The van der Waals surface area contributed by atoms with Crippen LogP contribution in [0.3, 0.4) is 0 Å². The van der Waals surface area contributed by atoms with Gasteiger partial charge in [-0.3, -0.25) is 0 Å². The van der Waals surface area contributed by atoms with E-state index < -0.39 is 0 Å². The van der Waals surface area contributed by atoms with E-state index in [-0.39, 0.29) is 0 Å². The second kappa shape index (κ2) is 5.79. The van der Waals surface area contributed by atoms with Gasteiger partial charge in [0.15, 0.2) is 0 Å². The van der Waals surface area contributed by atoms with Crippen LogP contribution < -0.4 is 5.32 Å². The molecule has 0 saturated heterocycles. The van der Waals surface area contributed by atoms with Gasteiger partial charge in [-0.15, -0.1) is 0 Å². The SMILES string of the molecule is CCC(C)Cc1ccc(NC(C)C)cc1. The third-order valence-electron chi connectivity index (χ3n) is 2.69. The lowest BCUT2D eigenvalue weighted by atomic mass is 9.99. The molecule has 84 valence electrons. The van der Waals surface area contributed by atoms with E-state index in [1.54, 1.807) is 0 Å². The molecule has 15 heavy (non-hydrogen) atoms. The molecule has 1 rings (SSSR count). The average molecular weight is 205 g/mol. The fourth-order valence-corrected chi connectivity index (χ4v) is 1.62. The molecular formula is C14H23N. The number of rotatable bonds is 5. The lowest BCUT2D eigenvalue weighted by Gasteiger charge is -2.12. The fourth-order valence-electron chi connectivity index (χ4n) is 1.62. The smallest absolute Gasteiger partial charge is 0.0342 e. The Morgan fingerprint density at radius 1 is 1.07 bits per heavy atom. The summed E-state index contributed by atoms with van der Waals surface area (Å²) in [5.74, 6) is 0.786. The number of nitrogens with one attached hydrogen (secondary N) is 1. The van der Waals surface area contributed by atoms with Crippen LogP contribution in [-0.2, 0) is 6.42 Å². The third kappa shape index (κ3) is 4.37. The maximum atomic E-state index is 3.40. The van der Waals surface area contributed by atoms with Gasteiger partial charge < -0.3 is 5.32 Å². The van der Waals surface area contributed by atoms with E-state index in [9.17, 15) is 0 Å². The van der Waals surface area contributed by atoms with Crippen molar-refractivity contribution < 1.29 is 0 Å². The van der Waals surface area contributed by atoms with Gasteiger partial charge in [-0.05, 0) is 43.9 Å². The zero-order valence-corrected chi connectivity index (χ0v) is 10.4. The van der Waals surface area contributed by atoms with Crippen LogP contribution >= 0.6 is 0 Å². The zero-order chi connectivity index (χ0) is 11.3. The maximum Gasteiger partial charge on any atom is 0.0342 e. The Hall–Kier alpha value is -0.980. The van der Waals surface area contributed by atoms with E-state index in [1.165, 1.54) is 24.1 Å². The Balaban J connectivity index is 2.56. The molecule has 0 aromatic heterocycles. The largest absolute Gasteiger partial charge is 0.383 e. The topological polar surface area (TPSA) is 12.0 Å². The van der Waals surface area contributed by atoms with E-state index in [1.807, 2.05) is 0 Å². The summed E-state index contributed by atoms with van der Waals surface area (Å²) in [7, 11) is 0. The van der Waals surface area contributed by atoms with Crippen molar-refractivity contribution in [3.63, 3.8) is 0 Å². The Morgan fingerprint density at radius 2 is 1.67 bits per heavy atom. The molecule has 1 aromatic carbocycles. The van der Waals surface area contributed by atoms with Crippen molar-refractivity contribution in [2.75, 3.05) is 5.32 Å². The van der Waals surface area contributed by atoms with Crippen LogP contribution in [0.2, 0.25) is 0 Å². The molecule has 1 aromatic rings. The van der Waals surface area contributed by atoms with Crippen LogP contribution in [0.15, 0.2) is 24.3 Å². The molecule has 0 aliphatic heterocycles. The van der Waals surface area contributed by atoms with Crippen LogP contribution in [0.4, 0.5) is 5.69 Å². The first-order valence-corrected chi connectivity index (χ1v) is 5.97. The summed E-state index contributed by atoms with van der Waals surface area (Å²) in [5.41, 5.74) is 2.66. The molecular weight excluding hydrogens is 182 g/mol. The molecule has 1 N–H and O–H groups in total. The summed E-state index contributed by atoms with van der Waals surface area (Å²) < 4.78 is 0. The summed E-state index contributed by atoms with van der Waals surface area (Å²) in [6, 6.07) is 9.33. The van der Waals surface area contributed by atoms with Crippen LogP contribution in [0.5, 0.6) is 0 Å². The van der Waals surface area contributed by atoms with Crippen molar-refractivity contribution in [1.29, 1.82) is 0 Å². The lowest BCUT2D eigenvalue weighted by molar-refractivity contribution is 0.560. The van der Waals surface area contributed by atoms with Gasteiger partial charge in [0.05, 0.1) is 0 Å². The van der Waals surface area contributed by atoms with Gasteiger partial charge in [-0.25, -0.2) is 0 Å². The van der Waals surface area contributed by atoms with E-state index in [2.05, 4.69) is 57.3 Å². The number of hydrogen-bond acceptors (Lipinski definition) is 1. The summed E-state index contributed by atoms with van der Waals surface area (Å²) in [6.07, 6.45) is 2.45. The van der Waals surface area contributed by atoms with Gasteiger partial charge in [0, 0.05) is 11.7 Å². The van der Waals surface area contributed by atoms with Crippen LogP contribution in [-0.4, -0.2) is 6.04 Å². The monoisotopic (exact) mass is 205 g/mol.